The summed E-state index contributed by atoms with van der Waals surface area (Å²) >= 11 is 3.45. The van der Waals surface area contributed by atoms with Gasteiger partial charge in [0, 0.05) is 10.2 Å². The van der Waals surface area contributed by atoms with E-state index >= 15 is 0 Å². The summed E-state index contributed by atoms with van der Waals surface area (Å²) in [6.45, 7) is 3.99. The molecule has 0 unspecified atom stereocenters. The number of halogens is 2. The average Bonchev–Trinajstić information content (AvgIpc) is 2.28. The van der Waals surface area contributed by atoms with Gasteiger partial charge in [-0.1, -0.05) is 15.9 Å². The third-order valence-electron chi connectivity index (χ3n) is 2.77. The number of nitrogens with one attached hydrogen (secondary N) is 1. The molecule has 18 heavy (non-hydrogen) atoms. The molecule has 0 aliphatic rings. The van der Waals surface area contributed by atoms with Gasteiger partial charge in [0.1, 0.15) is 5.82 Å². The number of anilines is 3. The topological polar surface area (TPSA) is 38.0 Å². The lowest BCUT2D eigenvalue weighted by atomic mass is 10.1. The van der Waals surface area contributed by atoms with Crippen molar-refractivity contribution < 1.29 is 4.39 Å². The molecule has 0 radical (unpaired) electrons. The van der Waals surface area contributed by atoms with E-state index in [2.05, 4.69) is 21.2 Å². The number of hydrogen-bond donors (Lipinski definition) is 2. The van der Waals surface area contributed by atoms with E-state index in [4.69, 9.17) is 5.73 Å². The zero-order chi connectivity index (χ0) is 13.3. The van der Waals surface area contributed by atoms with Gasteiger partial charge in [-0.3, -0.25) is 0 Å². The minimum absolute atomic E-state index is 0.306. The highest BCUT2D eigenvalue weighted by atomic mass is 79.9. The molecule has 0 bridgehead atoms. The maximum Gasteiger partial charge on any atom is 0.125 e. The molecule has 2 aromatic carbocycles. The maximum atomic E-state index is 13.2. The first-order valence-electron chi connectivity index (χ1n) is 5.56. The Morgan fingerprint density at radius 2 is 1.72 bits per heavy atom. The first-order valence-corrected chi connectivity index (χ1v) is 6.35. The number of nitrogen functional groups attached to an aromatic ring is 1. The minimum Gasteiger partial charge on any atom is -0.397 e. The van der Waals surface area contributed by atoms with Crippen LogP contribution < -0.4 is 11.1 Å². The van der Waals surface area contributed by atoms with Crippen LogP contribution in [0.25, 0.3) is 0 Å². The summed E-state index contributed by atoms with van der Waals surface area (Å²) in [4.78, 5) is 0. The summed E-state index contributed by atoms with van der Waals surface area (Å²) in [5, 5.41) is 3.19. The van der Waals surface area contributed by atoms with Gasteiger partial charge in [-0.15, -0.1) is 0 Å². The number of rotatable bonds is 2. The zero-order valence-corrected chi connectivity index (χ0v) is 11.8. The Labute approximate surface area is 114 Å². The molecule has 2 aromatic rings. The molecule has 4 heteroatoms. The number of benzene rings is 2. The number of aryl methyl sites for hydroxylation is 2. The van der Waals surface area contributed by atoms with Gasteiger partial charge in [0.15, 0.2) is 0 Å². The van der Waals surface area contributed by atoms with Crippen LogP contribution in [0.1, 0.15) is 11.1 Å². The molecule has 0 aliphatic carbocycles. The van der Waals surface area contributed by atoms with Crippen molar-refractivity contribution in [2.45, 2.75) is 13.8 Å². The zero-order valence-electron chi connectivity index (χ0n) is 10.2. The van der Waals surface area contributed by atoms with Gasteiger partial charge in [-0.05, 0) is 55.3 Å². The van der Waals surface area contributed by atoms with E-state index in [0.717, 1.165) is 21.3 Å². The van der Waals surface area contributed by atoms with Crippen molar-refractivity contribution in [2.75, 3.05) is 11.1 Å². The fourth-order valence-electron chi connectivity index (χ4n) is 1.88. The average molecular weight is 309 g/mol. The third-order valence-corrected chi connectivity index (χ3v) is 3.23. The fourth-order valence-corrected chi connectivity index (χ4v) is 2.57. The highest BCUT2D eigenvalue weighted by Gasteiger charge is 2.07. The normalized spacial score (nSPS) is 10.4. The highest BCUT2D eigenvalue weighted by molar-refractivity contribution is 9.10. The van der Waals surface area contributed by atoms with Crippen molar-refractivity contribution in [3.63, 3.8) is 0 Å². The molecule has 0 aromatic heterocycles. The highest BCUT2D eigenvalue weighted by Crippen LogP contribution is 2.30. The van der Waals surface area contributed by atoms with E-state index in [-0.39, 0.29) is 5.82 Å². The summed E-state index contributed by atoms with van der Waals surface area (Å²) < 4.78 is 14.2. The van der Waals surface area contributed by atoms with Crippen LogP contribution in [0.15, 0.2) is 34.8 Å². The number of hydrogen-bond acceptors (Lipinski definition) is 2. The lowest BCUT2D eigenvalue weighted by Gasteiger charge is -2.15. The van der Waals surface area contributed by atoms with Crippen LogP contribution in [0.4, 0.5) is 21.5 Å². The summed E-state index contributed by atoms with van der Waals surface area (Å²) in [5.74, 6) is -0.306. The minimum atomic E-state index is -0.306. The maximum absolute atomic E-state index is 13.2. The quantitative estimate of drug-likeness (QED) is 0.800. The molecule has 0 saturated heterocycles. The van der Waals surface area contributed by atoms with Crippen LogP contribution in [0.2, 0.25) is 0 Å². The molecule has 0 amide bonds. The third kappa shape index (κ3) is 2.64. The van der Waals surface area contributed by atoms with Gasteiger partial charge in [-0.25, -0.2) is 4.39 Å². The van der Waals surface area contributed by atoms with Crippen LogP contribution >= 0.6 is 15.9 Å². The van der Waals surface area contributed by atoms with E-state index < -0.39 is 0 Å². The van der Waals surface area contributed by atoms with Crippen molar-refractivity contribution in [1.82, 2.24) is 0 Å². The van der Waals surface area contributed by atoms with Gasteiger partial charge in [0.25, 0.3) is 0 Å². The predicted octanol–water partition coefficient (Wildman–Crippen LogP) is 4.53. The van der Waals surface area contributed by atoms with E-state index in [9.17, 15) is 4.39 Å². The second-order valence-corrected chi connectivity index (χ2v) is 5.19. The molecule has 2 rings (SSSR count). The van der Waals surface area contributed by atoms with Crippen molar-refractivity contribution in [2.24, 2.45) is 0 Å². The lowest BCUT2D eigenvalue weighted by molar-refractivity contribution is 0.628. The Kier molecular flexibility index (Phi) is 3.57. The molecule has 0 aliphatic heterocycles. The van der Waals surface area contributed by atoms with E-state index in [1.54, 1.807) is 6.07 Å². The number of nitrogens with two attached hydrogens (primary N) is 1. The lowest BCUT2D eigenvalue weighted by Crippen LogP contribution is -2.00. The first kappa shape index (κ1) is 12.9. The standard InChI is InChI=1S/C14H14BrFN2/c1-8-5-10(15)6-9(2)14(8)18-13-7-11(16)3-4-12(13)17/h3-7,18H,17H2,1-2H3. The molecule has 0 saturated carbocycles. The van der Waals surface area contributed by atoms with Crippen molar-refractivity contribution in [3.8, 4) is 0 Å². The van der Waals surface area contributed by atoms with Crippen LogP contribution in [-0.2, 0) is 0 Å². The second kappa shape index (κ2) is 4.98. The molecule has 94 valence electrons. The molecule has 0 heterocycles. The fraction of sp³-hybridized carbons (Fsp3) is 0.143. The van der Waals surface area contributed by atoms with Gasteiger partial charge in [0.2, 0.25) is 0 Å². The Bertz CT molecular complexity index is 573. The van der Waals surface area contributed by atoms with Crippen LogP contribution in [-0.4, -0.2) is 0 Å². The summed E-state index contributed by atoms with van der Waals surface area (Å²) in [7, 11) is 0. The van der Waals surface area contributed by atoms with Crippen molar-refractivity contribution in [1.29, 1.82) is 0 Å². The molecule has 2 nitrogen and oxygen atoms in total. The predicted molar refractivity (Wildman–Crippen MR) is 77.7 cm³/mol. The first-order chi connectivity index (χ1) is 8.47. The smallest absolute Gasteiger partial charge is 0.125 e. The molecular formula is C14H14BrFN2. The van der Waals surface area contributed by atoms with Gasteiger partial charge in [-0.2, -0.15) is 0 Å². The van der Waals surface area contributed by atoms with E-state index in [0.29, 0.717) is 11.4 Å². The van der Waals surface area contributed by atoms with Gasteiger partial charge >= 0.3 is 0 Å². The monoisotopic (exact) mass is 308 g/mol. The van der Waals surface area contributed by atoms with Crippen LogP contribution in [0.3, 0.4) is 0 Å². The Morgan fingerprint density at radius 1 is 1.11 bits per heavy atom. The molecule has 0 spiro atoms. The van der Waals surface area contributed by atoms with E-state index in [1.807, 2.05) is 26.0 Å². The summed E-state index contributed by atoms with van der Waals surface area (Å²) in [6, 6.07) is 8.31. The van der Waals surface area contributed by atoms with Crippen LogP contribution in [0, 0.1) is 19.7 Å². The summed E-state index contributed by atoms with van der Waals surface area (Å²) in [5.41, 5.74) is 10.0. The van der Waals surface area contributed by atoms with Gasteiger partial charge < -0.3 is 11.1 Å². The largest absolute Gasteiger partial charge is 0.397 e. The SMILES string of the molecule is Cc1cc(Br)cc(C)c1Nc1cc(F)ccc1N. The molecule has 0 fully saturated rings. The van der Waals surface area contributed by atoms with Crippen molar-refractivity contribution >= 4 is 33.0 Å². The summed E-state index contributed by atoms with van der Waals surface area (Å²) in [6.07, 6.45) is 0. The molecule has 3 N–H and O–H groups in total. The molecule has 0 atom stereocenters. The van der Waals surface area contributed by atoms with Crippen LogP contribution in [0.5, 0.6) is 0 Å². The Morgan fingerprint density at radius 3 is 2.33 bits per heavy atom. The Hall–Kier alpha value is -1.55. The second-order valence-electron chi connectivity index (χ2n) is 4.27. The van der Waals surface area contributed by atoms with Crippen molar-refractivity contribution in [3.05, 3.63) is 51.7 Å². The Balaban J connectivity index is 2.43. The van der Waals surface area contributed by atoms with Gasteiger partial charge in [0.05, 0.1) is 11.4 Å². The van der Waals surface area contributed by atoms with E-state index in [1.165, 1.54) is 12.1 Å². The molecular weight excluding hydrogens is 295 g/mol.